The zero-order valence-corrected chi connectivity index (χ0v) is 89.9. The summed E-state index contributed by atoms with van der Waals surface area (Å²) in [7, 11) is 0. The molecule has 3 saturated heterocycles. The van der Waals surface area contributed by atoms with E-state index in [0.717, 1.165) is 114 Å². The lowest BCUT2D eigenvalue weighted by atomic mass is 9.55. The normalized spacial score (nSPS) is 20.4. The smallest absolute Gasteiger partial charge is 0.169 e. The zero-order chi connectivity index (χ0) is 106. The van der Waals surface area contributed by atoms with Crippen molar-refractivity contribution >= 4 is 32.3 Å². The number of fused-ring (bicyclic) bond motifs is 7. The van der Waals surface area contributed by atoms with Crippen LogP contribution in [0.3, 0.4) is 0 Å². The summed E-state index contributed by atoms with van der Waals surface area (Å²) >= 11 is 0. The maximum Gasteiger partial charge on any atom is 0.169 e. The van der Waals surface area contributed by atoms with Gasteiger partial charge in [0.2, 0.25) is 0 Å². The van der Waals surface area contributed by atoms with Crippen LogP contribution < -0.4 is 0 Å². The van der Waals surface area contributed by atoms with Crippen LogP contribution in [0, 0.1) is 234 Å². The minimum absolute atomic E-state index is 0.0196. The molecule has 8 aliphatic rings. The summed E-state index contributed by atoms with van der Waals surface area (Å²) in [5.74, 6) is -2.89. The Hall–Kier alpha value is -9.65. The second-order valence-electron chi connectivity index (χ2n) is 42.0. The van der Waals surface area contributed by atoms with Crippen LogP contribution in [0.4, 0.5) is 57.1 Å². The molecule has 0 radical (unpaired) electrons. The summed E-state index contributed by atoms with van der Waals surface area (Å²) in [6.07, 6.45) is 24.8. The van der Waals surface area contributed by atoms with Crippen LogP contribution in [0.25, 0.3) is 32.3 Å². The molecular formula is C125H161F13O4. The Morgan fingerprint density at radius 1 is 0.239 bits per heavy atom. The van der Waals surface area contributed by atoms with E-state index in [0.29, 0.717) is 67.7 Å². The van der Waals surface area contributed by atoms with Gasteiger partial charge in [-0.2, -0.15) is 0 Å². The quantitative estimate of drug-likeness (QED) is 0.142. The molecule has 4 atom stereocenters. The van der Waals surface area contributed by atoms with Crippen molar-refractivity contribution in [3.05, 3.63) is 351 Å². The molecule has 0 amide bonds. The molecule has 5 aliphatic carbocycles. The molecule has 12 aromatic rings. The molecule has 142 heavy (non-hydrogen) atoms. The Labute approximate surface area is 842 Å². The largest absolute Gasteiger partial charge is 0.378 e. The average Bonchev–Trinajstić information content (AvgIpc) is 0.779. The minimum atomic E-state index is -1.11. The van der Waals surface area contributed by atoms with E-state index < -0.39 is 58.2 Å². The third kappa shape index (κ3) is 40.7. The van der Waals surface area contributed by atoms with Gasteiger partial charge in [-0.25, -0.2) is 57.1 Å². The molecule has 0 aromatic heterocycles. The first-order valence-corrected chi connectivity index (χ1v) is 50.9. The molecule has 3 aliphatic heterocycles. The maximum atomic E-state index is 13.6. The monoisotopic (exact) mass is 1970 g/mol. The van der Waals surface area contributed by atoms with E-state index in [9.17, 15) is 57.1 Å². The fraction of sp³-hybridized carbons (Fsp3) is 0.472. The molecule has 4 saturated carbocycles. The van der Waals surface area contributed by atoms with Gasteiger partial charge < -0.3 is 18.9 Å². The maximum absolute atomic E-state index is 13.6. The number of aryl methyl sites for hydroxylation is 15. The standard InChI is InChI=1S/C12H9F3.C12H10F2.C12H12.C11H12F2.C10H18.2C8H8F2.2C8H9F.C8H16.C8H10.2C7H14O.C6H12O2/c1-6-3-4-8-5-7(2)11(14)12(15)9(8)10(6)13;1-7-3-4-10-9(5-7)6-11(13)8(2)12(10)14;1-9-3-5-12-8-10(2)4-6-11(12)7-9;1-7-10(12)6-8-4-2-3-5-9(8)11(7)13;1-9-3-6-10(2,7-4-9)8-5-9;1-5-3-7(9)6(2)8(10)4-5;1-5-3-4-6(2)8(10)7(5)9;2*1-6-3-4-7(2)8(9)5-6;2*1-7-3-5-8(2)6-4-7;2*1-6-3-4-7(2)8-5-6;1-5-3-7-6(2)8-4-5/h3-5H,1-2H3;3-6H,1-2H3;3-8H,1-2H3;6H,2-5H2,1H3;3-8H2,1-2H3;2*3-4H,1-2H3;2*3-5H,1-2H3;7-8H,3-6H2,1-2H3;3-6H,1-2H3;2*6-7H,3-5H2,1-2H3;5-6H,3-4H2,1-2H3. The molecule has 2 bridgehead atoms. The molecule has 3 heterocycles. The number of ether oxygens (including phenoxy) is 4. The van der Waals surface area contributed by atoms with Crippen LogP contribution in [0.2, 0.25) is 0 Å². The van der Waals surface area contributed by atoms with Gasteiger partial charge in [0.05, 0.1) is 30.8 Å². The lowest BCUT2D eigenvalue weighted by Crippen LogP contribution is -2.37. The average molecular weight is 1970 g/mol. The molecule has 7 fully saturated rings. The van der Waals surface area contributed by atoms with Gasteiger partial charge in [-0.3, -0.25) is 0 Å². The Bertz CT molecular complexity index is 5590. The highest BCUT2D eigenvalue weighted by Gasteiger charge is 2.43. The van der Waals surface area contributed by atoms with Gasteiger partial charge in [-0.05, 0) is 388 Å². The molecule has 4 unspecified atom stereocenters. The SMILES string of the molecule is CC12CCC(C)(CC1)CC2.CC1CCC(C)CC1.CC1CCC(C)OC1.CC1CCC(C)OC1.CC1COC(C)OC1.Cc1c(F)cc2c(c1F)CCCC2.Cc1cc(F)c(C)c(F)c1.Cc1cc2ccc(C)c(F)c2c(F)c1F.Cc1ccc(C)c(F)c1.Cc1ccc(C)c(F)c1.Cc1ccc(C)c(F)c1F.Cc1ccc(C)cc1.Cc1ccc2c(F)c(C)c(F)cc2c1.Cc1ccc2cc(C)ccc2c1. The summed E-state index contributed by atoms with van der Waals surface area (Å²) in [5.41, 5.74) is 14.9. The van der Waals surface area contributed by atoms with Crippen LogP contribution in [-0.4, -0.2) is 44.9 Å². The fourth-order valence-electron chi connectivity index (χ4n) is 16.8. The van der Waals surface area contributed by atoms with Crippen LogP contribution >= 0.6 is 0 Å². The van der Waals surface area contributed by atoms with Crippen molar-refractivity contribution in [1.82, 2.24) is 0 Å². The number of rotatable bonds is 0. The molecule has 0 N–H and O–H groups in total. The summed E-state index contributed by atoms with van der Waals surface area (Å²) in [5, 5.41) is 3.88. The van der Waals surface area contributed by atoms with Crippen molar-refractivity contribution in [2.75, 3.05) is 26.4 Å². The Morgan fingerprint density at radius 2 is 0.563 bits per heavy atom. The summed E-state index contributed by atoms with van der Waals surface area (Å²) in [6.45, 7) is 55.8. The summed E-state index contributed by atoms with van der Waals surface area (Å²) < 4.78 is 190. The van der Waals surface area contributed by atoms with Crippen molar-refractivity contribution < 1.29 is 76.0 Å². The van der Waals surface area contributed by atoms with E-state index in [-0.39, 0.29) is 51.4 Å². The molecule has 776 valence electrons. The van der Waals surface area contributed by atoms with Crippen molar-refractivity contribution in [2.24, 2.45) is 40.4 Å². The Kier molecular flexibility index (Phi) is 50.4. The van der Waals surface area contributed by atoms with Gasteiger partial charge in [0.15, 0.2) is 29.6 Å². The van der Waals surface area contributed by atoms with E-state index in [1.807, 2.05) is 45.9 Å². The van der Waals surface area contributed by atoms with Gasteiger partial charge in [-0.15, -0.1) is 0 Å². The number of hydrogen-bond donors (Lipinski definition) is 0. The number of benzene rings is 12. The van der Waals surface area contributed by atoms with E-state index >= 15 is 0 Å². The second kappa shape index (κ2) is 59.1. The van der Waals surface area contributed by atoms with Crippen molar-refractivity contribution in [3.63, 3.8) is 0 Å². The molecule has 12 aromatic carbocycles. The lowest BCUT2D eigenvalue weighted by Gasteiger charge is -2.50. The Morgan fingerprint density at radius 3 is 0.965 bits per heavy atom. The predicted molar refractivity (Wildman–Crippen MR) is 566 cm³/mol. The highest BCUT2D eigenvalue weighted by Crippen LogP contribution is 2.56. The first-order chi connectivity index (χ1) is 66.8. The second-order valence-corrected chi connectivity index (χ2v) is 42.0. The predicted octanol–water partition coefficient (Wildman–Crippen LogP) is 37.4. The molecule has 4 nitrogen and oxygen atoms in total. The number of hydrogen-bond acceptors (Lipinski definition) is 4. The van der Waals surface area contributed by atoms with Crippen molar-refractivity contribution in [2.45, 2.75) is 321 Å². The third-order valence-corrected chi connectivity index (χ3v) is 27.6. The van der Waals surface area contributed by atoms with Crippen molar-refractivity contribution in [1.29, 1.82) is 0 Å². The van der Waals surface area contributed by atoms with Crippen LogP contribution in [-0.2, 0) is 31.8 Å². The van der Waals surface area contributed by atoms with Crippen LogP contribution in [0.1, 0.15) is 278 Å². The lowest BCUT2D eigenvalue weighted by molar-refractivity contribution is -0.187. The zero-order valence-electron chi connectivity index (χ0n) is 89.9. The molecule has 0 spiro atoms. The molecule has 20 rings (SSSR count). The molecule has 17 heteroatoms. The van der Waals surface area contributed by atoms with Gasteiger partial charge in [-0.1, -0.05) is 229 Å². The topological polar surface area (TPSA) is 36.9 Å². The van der Waals surface area contributed by atoms with Gasteiger partial charge in [0.1, 0.15) is 52.4 Å². The first kappa shape index (κ1) is 121. The van der Waals surface area contributed by atoms with E-state index in [1.165, 1.54) is 214 Å². The Balaban J connectivity index is 0.000000235. The van der Waals surface area contributed by atoms with Gasteiger partial charge in [0, 0.05) is 41.2 Å². The van der Waals surface area contributed by atoms with E-state index in [4.69, 9.17) is 18.9 Å². The first-order valence-electron chi connectivity index (χ1n) is 50.9. The third-order valence-electron chi connectivity index (χ3n) is 27.6. The highest BCUT2D eigenvalue weighted by molar-refractivity contribution is 5.86. The van der Waals surface area contributed by atoms with E-state index in [1.54, 1.807) is 69.3 Å². The fourth-order valence-corrected chi connectivity index (χ4v) is 16.8. The summed E-state index contributed by atoms with van der Waals surface area (Å²) in [4.78, 5) is 0. The van der Waals surface area contributed by atoms with E-state index in [2.05, 4.69) is 151 Å². The van der Waals surface area contributed by atoms with Crippen LogP contribution in [0.15, 0.2) is 170 Å². The minimum Gasteiger partial charge on any atom is -0.378 e. The van der Waals surface area contributed by atoms with Crippen molar-refractivity contribution in [3.8, 4) is 0 Å². The highest BCUT2D eigenvalue weighted by atomic mass is 19.2. The summed E-state index contributed by atoms with van der Waals surface area (Å²) in [6, 6.07) is 50.5. The molecular weight excluding hydrogens is 1810 g/mol. The van der Waals surface area contributed by atoms with Gasteiger partial charge in [0.25, 0.3) is 0 Å². The number of halogens is 13. The van der Waals surface area contributed by atoms with Crippen LogP contribution in [0.5, 0.6) is 0 Å². The van der Waals surface area contributed by atoms with Gasteiger partial charge >= 0.3 is 0 Å².